The van der Waals surface area contributed by atoms with Crippen molar-refractivity contribution in [1.82, 2.24) is 0 Å². The topological polar surface area (TPSA) is 58.2 Å². The molecule has 6 heteroatoms. The van der Waals surface area contributed by atoms with E-state index < -0.39 is 10.0 Å². The number of rotatable bonds is 5. The Bertz CT molecular complexity index is 745. The number of para-hydroxylation sites is 2. The summed E-state index contributed by atoms with van der Waals surface area (Å²) in [6.45, 7) is 2.11. The van der Waals surface area contributed by atoms with Gasteiger partial charge in [0.05, 0.1) is 17.6 Å². The molecule has 21 heavy (non-hydrogen) atoms. The largest absolute Gasteiger partial charge is 0.379 e. The van der Waals surface area contributed by atoms with Gasteiger partial charge < -0.3 is 5.32 Å². The van der Waals surface area contributed by atoms with Crippen LogP contribution in [0.25, 0.3) is 0 Å². The highest BCUT2D eigenvalue weighted by Crippen LogP contribution is 2.22. The van der Waals surface area contributed by atoms with Gasteiger partial charge in [0.2, 0.25) is 10.0 Å². The standard InChI is InChI=1S/C15H17FN2O2S/c1-11-7-8-12(9-13(11)16)10-17-14-5-3-4-6-15(14)18-21(2,19)20/h3-9,17-18H,10H2,1-2H3. The first-order chi connectivity index (χ1) is 9.85. The van der Waals surface area contributed by atoms with Crippen LogP contribution in [-0.4, -0.2) is 14.7 Å². The molecule has 0 amide bonds. The summed E-state index contributed by atoms with van der Waals surface area (Å²) in [4.78, 5) is 0. The lowest BCUT2D eigenvalue weighted by molar-refractivity contribution is 0.607. The molecule has 0 aliphatic heterocycles. The van der Waals surface area contributed by atoms with Gasteiger partial charge >= 0.3 is 0 Å². The summed E-state index contributed by atoms with van der Waals surface area (Å²) < 4.78 is 38.6. The Morgan fingerprint density at radius 1 is 1.10 bits per heavy atom. The number of hydrogen-bond acceptors (Lipinski definition) is 3. The van der Waals surface area contributed by atoms with Crippen molar-refractivity contribution in [1.29, 1.82) is 0 Å². The highest BCUT2D eigenvalue weighted by atomic mass is 32.2. The summed E-state index contributed by atoms with van der Waals surface area (Å²) in [6, 6.07) is 12.0. The second-order valence-corrected chi connectivity index (χ2v) is 6.61. The molecule has 0 aliphatic carbocycles. The lowest BCUT2D eigenvalue weighted by Gasteiger charge is -2.13. The van der Waals surface area contributed by atoms with Gasteiger partial charge in [-0.1, -0.05) is 24.3 Å². The average Bonchev–Trinajstić information content (AvgIpc) is 2.40. The molecule has 2 aromatic carbocycles. The van der Waals surface area contributed by atoms with Gasteiger partial charge in [0.15, 0.2) is 0 Å². The Hall–Kier alpha value is -2.08. The minimum Gasteiger partial charge on any atom is -0.379 e. The third-order valence-corrected chi connectivity index (χ3v) is 3.53. The van der Waals surface area contributed by atoms with Crippen molar-refractivity contribution >= 4 is 21.4 Å². The summed E-state index contributed by atoms with van der Waals surface area (Å²) in [5.41, 5.74) is 2.49. The third kappa shape index (κ3) is 4.46. The molecular formula is C15H17FN2O2S. The van der Waals surface area contributed by atoms with Crippen molar-refractivity contribution in [2.24, 2.45) is 0 Å². The molecule has 0 spiro atoms. The number of halogens is 1. The lowest BCUT2D eigenvalue weighted by Crippen LogP contribution is -2.12. The Morgan fingerprint density at radius 2 is 1.76 bits per heavy atom. The van der Waals surface area contributed by atoms with Crippen LogP contribution in [0.15, 0.2) is 42.5 Å². The molecule has 2 rings (SSSR count). The molecular weight excluding hydrogens is 291 g/mol. The molecule has 0 saturated heterocycles. The van der Waals surface area contributed by atoms with E-state index in [1.165, 1.54) is 6.07 Å². The van der Waals surface area contributed by atoms with Crippen molar-refractivity contribution in [3.63, 3.8) is 0 Å². The summed E-state index contributed by atoms with van der Waals surface area (Å²) in [7, 11) is -3.34. The fourth-order valence-corrected chi connectivity index (χ4v) is 2.45. The first-order valence-electron chi connectivity index (χ1n) is 6.41. The molecule has 0 aromatic heterocycles. The summed E-state index contributed by atoms with van der Waals surface area (Å²) in [5.74, 6) is -0.253. The molecule has 0 atom stereocenters. The summed E-state index contributed by atoms with van der Waals surface area (Å²) in [5, 5.41) is 3.11. The van der Waals surface area contributed by atoms with E-state index in [1.807, 2.05) is 6.07 Å². The fraction of sp³-hybridized carbons (Fsp3) is 0.200. The van der Waals surface area contributed by atoms with Crippen LogP contribution in [-0.2, 0) is 16.6 Å². The fourth-order valence-electron chi connectivity index (χ4n) is 1.87. The van der Waals surface area contributed by atoms with Crippen LogP contribution >= 0.6 is 0 Å². The van der Waals surface area contributed by atoms with E-state index in [0.717, 1.165) is 11.8 Å². The van der Waals surface area contributed by atoms with Crippen LogP contribution in [0.1, 0.15) is 11.1 Å². The molecule has 0 unspecified atom stereocenters. The van der Waals surface area contributed by atoms with Crippen LogP contribution in [0.5, 0.6) is 0 Å². The van der Waals surface area contributed by atoms with E-state index in [0.29, 0.717) is 23.5 Å². The molecule has 0 fully saturated rings. The van der Waals surface area contributed by atoms with E-state index in [2.05, 4.69) is 10.0 Å². The predicted octanol–water partition coefficient (Wildman–Crippen LogP) is 3.12. The van der Waals surface area contributed by atoms with E-state index >= 15 is 0 Å². The van der Waals surface area contributed by atoms with Gasteiger partial charge in [-0.25, -0.2) is 12.8 Å². The van der Waals surface area contributed by atoms with Gasteiger partial charge in [-0.3, -0.25) is 4.72 Å². The van der Waals surface area contributed by atoms with Crippen LogP contribution in [0.4, 0.5) is 15.8 Å². The molecule has 0 radical (unpaired) electrons. The second-order valence-electron chi connectivity index (χ2n) is 4.86. The first-order valence-corrected chi connectivity index (χ1v) is 8.30. The van der Waals surface area contributed by atoms with E-state index in [1.54, 1.807) is 37.3 Å². The molecule has 0 aliphatic rings. The quantitative estimate of drug-likeness (QED) is 0.892. The number of benzene rings is 2. The van der Waals surface area contributed by atoms with Gasteiger partial charge in [0, 0.05) is 6.54 Å². The van der Waals surface area contributed by atoms with Crippen molar-refractivity contribution < 1.29 is 12.8 Å². The van der Waals surface area contributed by atoms with Crippen molar-refractivity contribution in [2.75, 3.05) is 16.3 Å². The van der Waals surface area contributed by atoms with Crippen molar-refractivity contribution in [3.8, 4) is 0 Å². The van der Waals surface area contributed by atoms with Gasteiger partial charge in [-0.15, -0.1) is 0 Å². The second kappa shape index (κ2) is 6.13. The molecule has 0 saturated carbocycles. The van der Waals surface area contributed by atoms with E-state index in [-0.39, 0.29) is 5.82 Å². The third-order valence-electron chi connectivity index (χ3n) is 2.94. The highest BCUT2D eigenvalue weighted by molar-refractivity contribution is 7.92. The smallest absolute Gasteiger partial charge is 0.229 e. The van der Waals surface area contributed by atoms with Crippen molar-refractivity contribution in [3.05, 3.63) is 59.4 Å². The van der Waals surface area contributed by atoms with E-state index in [9.17, 15) is 12.8 Å². The van der Waals surface area contributed by atoms with Crippen LogP contribution < -0.4 is 10.0 Å². The Kier molecular flexibility index (Phi) is 4.47. The predicted molar refractivity (Wildman–Crippen MR) is 83.4 cm³/mol. The monoisotopic (exact) mass is 308 g/mol. The van der Waals surface area contributed by atoms with Gasteiger partial charge in [0.25, 0.3) is 0 Å². The SMILES string of the molecule is Cc1ccc(CNc2ccccc2NS(C)(=O)=O)cc1F. The maximum Gasteiger partial charge on any atom is 0.229 e. The molecule has 2 N–H and O–H groups in total. The lowest BCUT2D eigenvalue weighted by atomic mass is 10.1. The summed E-state index contributed by atoms with van der Waals surface area (Å²) >= 11 is 0. The molecule has 112 valence electrons. The summed E-state index contributed by atoms with van der Waals surface area (Å²) in [6.07, 6.45) is 1.10. The number of anilines is 2. The van der Waals surface area contributed by atoms with Crippen LogP contribution in [0, 0.1) is 12.7 Å². The first kappa shape index (κ1) is 15.3. The molecule has 0 heterocycles. The number of aryl methyl sites for hydroxylation is 1. The van der Waals surface area contributed by atoms with Gasteiger partial charge in [-0.2, -0.15) is 0 Å². The van der Waals surface area contributed by atoms with Crippen LogP contribution in [0.3, 0.4) is 0 Å². The van der Waals surface area contributed by atoms with Gasteiger partial charge in [-0.05, 0) is 36.2 Å². The minimum absolute atomic E-state index is 0.253. The normalized spacial score (nSPS) is 11.2. The Morgan fingerprint density at radius 3 is 2.38 bits per heavy atom. The molecule has 4 nitrogen and oxygen atoms in total. The Labute approximate surface area is 124 Å². The molecule has 2 aromatic rings. The number of sulfonamides is 1. The minimum atomic E-state index is -3.34. The Balaban J connectivity index is 2.14. The maximum atomic E-state index is 13.5. The van der Waals surface area contributed by atoms with E-state index in [4.69, 9.17) is 0 Å². The number of hydrogen-bond donors (Lipinski definition) is 2. The molecule has 0 bridgehead atoms. The number of nitrogens with one attached hydrogen (secondary N) is 2. The maximum absolute atomic E-state index is 13.5. The zero-order valence-electron chi connectivity index (χ0n) is 11.9. The van der Waals surface area contributed by atoms with Crippen molar-refractivity contribution in [2.45, 2.75) is 13.5 Å². The van der Waals surface area contributed by atoms with Crippen LogP contribution in [0.2, 0.25) is 0 Å². The highest BCUT2D eigenvalue weighted by Gasteiger charge is 2.07. The zero-order valence-corrected chi connectivity index (χ0v) is 12.7. The zero-order chi connectivity index (χ0) is 15.5. The van der Waals surface area contributed by atoms with Gasteiger partial charge in [0.1, 0.15) is 5.82 Å². The average molecular weight is 308 g/mol.